The third kappa shape index (κ3) is 17.4. The van der Waals surface area contributed by atoms with Crippen LogP contribution in [0.3, 0.4) is 0 Å². The molecule has 334 valence electrons. The van der Waals surface area contributed by atoms with Crippen LogP contribution in [0.1, 0.15) is 11.1 Å². The summed E-state index contributed by atoms with van der Waals surface area (Å²) in [4.78, 5) is -2.36. The Morgan fingerprint density at radius 2 is 0.638 bits per heavy atom. The molecular weight excluding hydrogens is 1030 g/mol. The van der Waals surface area contributed by atoms with Crippen molar-refractivity contribution in [2.24, 2.45) is 25.6 Å². The molecule has 0 saturated carbocycles. The average Bonchev–Trinajstić information content (AvgIpc) is 3.24. The summed E-state index contributed by atoms with van der Waals surface area (Å²) in [7, 11) is -19.9. The first-order valence-corrected chi connectivity index (χ1v) is 23.3. The predicted octanol–water partition coefficient (Wildman–Crippen LogP) is -4.32. The Kier molecular flexibility index (Phi) is 23.0. The molecule has 23 nitrogen and oxygen atoms in total. The predicted molar refractivity (Wildman–Crippen MR) is 220 cm³/mol. The van der Waals surface area contributed by atoms with Gasteiger partial charge in [-0.05, 0) is 102 Å². The van der Waals surface area contributed by atoms with Crippen LogP contribution in [0.25, 0.3) is 12.2 Å². The molecule has 0 unspecified atom stereocenters. The van der Waals surface area contributed by atoms with Crippen LogP contribution in [0.2, 0.25) is 0 Å². The fourth-order valence-corrected chi connectivity index (χ4v) is 7.69. The maximum Gasteiger partial charge on any atom is 1.00 e. The minimum atomic E-state index is -5.29. The third-order valence-corrected chi connectivity index (χ3v) is 12.0. The van der Waals surface area contributed by atoms with Gasteiger partial charge in [-0.1, -0.05) is 32.8 Å². The van der Waals surface area contributed by atoms with Gasteiger partial charge in [0.25, 0.3) is 0 Å². The molecule has 69 heavy (non-hydrogen) atoms. The van der Waals surface area contributed by atoms with Crippen LogP contribution in [0.15, 0.2) is 179 Å². The molecule has 0 radical (unpaired) electrons. The van der Waals surface area contributed by atoms with Gasteiger partial charge < -0.3 is 33.8 Å². The van der Waals surface area contributed by atoms with E-state index in [4.69, 9.17) is 0 Å². The molecule has 6 aromatic carbocycles. The summed E-state index contributed by atoms with van der Waals surface area (Å²) in [5.41, 5.74) is -0.923. The first kappa shape index (κ1) is 61.6. The number of azo groups is 4. The van der Waals surface area contributed by atoms with E-state index in [-0.39, 0.29) is 184 Å². The minimum Gasteiger partial charge on any atom is -0.744 e. The van der Waals surface area contributed by atoms with Crippen LogP contribution in [-0.4, -0.2) is 66.5 Å². The molecule has 31 heteroatoms. The first-order chi connectivity index (χ1) is 30.4. The number of nitrogens with zero attached hydrogens (tertiary/aromatic N) is 8. The second-order valence-corrected chi connectivity index (χ2v) is 18.4. The molecule has 0 N–H and O–H groups in total. The van der Waals surface area contributed by atoms with E-state index in [0.29, 0.717) is 6.07 Å². The summed E-state index contributed by atoms with van der Waals surface area (Å²) in [5, 5.41) is 57.0. The Morgan fingerprint density at radius 3 is 1.01 bits per heavy atom. The third-order valence-electron chi connectivity index (χ3n) is 8.49. The van der Waals surface area contributed by atoms with Crippen LogP contribution in [0.5, 0.6) is 0 Å². The van der Waals surface area contributed by atoms with Crippen LogP contribution in [-0.2, 0) is 40.5 Å². The minimum absolute atomic E-state index is 0. The summed E-state index contributed by atoms with van der Waals surface area (Å²) in [6, 6.07) is 24.9. The van der Waals surface area contributed by atoms with Gasteiger partial charge in [0.05, 0.1) is 31.0 Å². The largest absolute Gasteiger partial charge is 1.00 e. The summed E-state index contributed by atoms with van der Waals surface area (Å²) >= 11 is 0. The molecule has 0 aromatic heterocycles. The van der Waals surface area contributed by atoms with E-state index in [1.54, 1.807) is 0 Å². The summed E-state index contributed by atoms with van der Waals surface area (Å²) in [6.07, 6.45) is 2.05. The zero-order chi connectivity index (χ0) is 47.3. The maximum absolute atomic E-state index is 12.9. The van der Waals surface area contributed by atoms with E-state index in [0.717, 1.165) is 84.9 Å². The van der Waals surface area contributed by atoms with E-state index >= 15 is 0 Å². The van der Waals surface area contributed by atoms with Gasteiger partial charge >= 0.3 is 118 Å². The van der Waals surface area contributed by atoms with Gasteiger partial charge in [0, 0.05) is 51.7 Å². The Hall–Kier alpha value is -3.50. The zero-order valence-corrected chi connectivity index (χ0v) is 47.5. The molecule has 0 aliphatic carbocycles. The van der Waals surface area contributed by atoms with Gasteiger partial charge in [-0.3, -0.25) is 0 Å². The molecule has 0 heterocycles. The Balaban J connectivity index is 0.00000408. The van der Waals surface area contributed by atoms with E-state index < -0.39 is 65.7 Å². The molecule has 0 saturated heterocycles. The number of hydrogen-bond acceptors (Lipinski definition) is 20. The van der Waals surface area contributed by atoms with Crippen LogP contribution >= 0.6 is 0 Å². The number of hydrogen-bond donors (Lipinski definition) is 0. The van der Waals surface area contributed by atoms with Crippen molar-refractivity contribution in [2.45, 2.75) is 19.6 Å². The first-order valence-electron chi connectivity index (χ1n) is 17.6. The molecule has 0 aliphatic heterocycles. The normalized spacial score (nSPS) is 12.7. The van der Waals surface area contributed by atoms with E-state index in [1.165, 1.54) is 54.6 Å². The monoisotopic (exact) mass is 1050 g/mol. The van der Waals surface area contributed by atoms with Gasteiger partial charge in [0.2, 0.25) is 17.1 Å². The van der Waals surface area contributed by atoms with E-state index in [9.17, 15) is 67.5 Å². The Morgan fingerprint density at radius 1 is 0.348 bits per heavy atom. The van der Waals surface area contributed by atoms with Crippen molar-refractivity contribution >= 4 is 98.1 Å². The van der Waals surface area contributed by atoms with Crippen molar-refractivity contribution in [2.75, 3.05) is 0 Å². The van der Waals surface area contributed by atoms with Crippen molar-refractivity contribution in [3.05, 3.63) is 160 Å². The molecule has 0 atom stereocenters. The van der Waals surface area contributed by atoms with Crippen molar-refractivity contribution < 1.29 is 185 Å². The molecule has 0 amide bonds. The molecular formula is C38H24N8Na4O15S4. The van der Waals surface area contributed by atoms with Gasteiger partial charge in [0.15, 0.2) is 0 Å². The van der Waals surface area contributed by atoms with Gasteiger partial charge in [0.1, 0.15) is 57.5 Å². The van der Waals surface area contributed by atoms with E-state index in [1.807, 2.05) is 0 Å². The second-order valence-electron chi connectivity index (χ2n) is 12.9. The standard InChI is InChI=1S/C38H28N8O15S4.4Na/c47-44(41-29-10-19-35(20-11-29)62(50,51)52)32-15-6-27(7-16-32)39-40-31-5-3-25(37(23-31)64(56,57)58)1-2-26-4-14-34(24-38(26)65(59,60)61)46(49)43-28-8-17-33(18-9-28)45(48)42-30-12-21-36(22-13-30)63(53,54)55;;;;/h1-24H,(H,50,51,52)(H,53,54,55)(H,56,57,58)(H,59,60,61);;;;/q;4*+1/p-4/b2-1+,40-39?,44-41?,45-42?,46-43?;;;;. The number of benzene rings is 6. The van der Waals surface area contributed by atoms with Crippen molar-refractivity contribution in [1.82, 2.24) is 0 Å². The molecule has 6 rings (SSSR count). The van der Waals surface area contributed by atoms with Crippen molar-refractivity contribution in [3.8, 4) is 0 Å². The maximum atomic E-state index is 12.9. The summed E-state index contributed by atoms with van der Waals surface area (Å²) in [5.74, 6) is 0. The SMILES string of the molecule is O=S(=O)([O-])c1ccc(N=[N+]([O-])c2ccc(N=Nc3ccc(/C=C/c4ccc([N+]([O-])=Nc5ccc([N+]([O-])=Nc6ccc(S(=O)(=O)[O-])cc6)cc5)cc4S(=O)(=O)[O-])c(S(=O)(=O)[O-])c3)cc2)cc1.[Na+].[Na+].[Na+].[Na+]. The molecule has 0 spiro atoms. The fraction of sp³-hybridized carbons (Fsp3) is 0. The second kappa shape index (κ2) is 25.7. The van der Waals surface area contributed by atoms with Crippen LogP contribution in [0.4, 0.5) is 45.5 Å². The smallest absolute Gasteiger partial charge is 0.744 e. The molecule has 0 fully saturated rings. The summed E-state index contributed by atoms with van der Waals surface area (Å²) < 4.78 is 140. The summed E-state index contributed by atoms with van der Waals surface area (Å²) in [6.45, 7) is 0. The molecule has 0 bridgehead atoms. The van der Waals surface area contributed by atoms with Gasteiger partial charge in [-0.15, -0.1) is 0 Å². The average molecular weight is 1050 g/mol. The zero-order valence-electron chi connectivity index (χ0n) is 36.2. The van der Waals surface area contributed by atoms with Crippen molar-refractivity contribution in [1.29, 1.82) is 0 Å². The molecule has 6 aromatic rings. The van der Waals surface area contributed by atoms with Crippen LogP contribution < -0.4 is 118 Å². The quantitative estimate of drug-likeness (QED) is 0.0249. The molecule has 0 aliphatic rings. The van der Waals surface area contributed by atoms with Gasteiger partial charge in [-0.25, -0.2) is 33.7 Å². The van der Waals surface area contributed by atoms with Crippen LogP contribution in [0, 0.1) is 15.6 Å². The Bertz CT molecular complexity index is 3440. The van der Waals surface area contributed by atoms with E-state index in [2.05, 4.69) is 25.6 Å². The fourth-order valence-electron chi connectivity index (χ4n) is 5.37. The van der Waals surface area contributed by atoms with Crippen molar-refractivity contribution in [3.63, 3.8) is 0 Å². The topological polar surface area (TPSA) is 369 Å². The van der Waals surface area contributed by atoms with Gasteiger partial charge in [-0.2, -0.15) is 10.2 Å². The Labute approximate surface area is 482 Å². The number of rotatable bonds is 14.